The quantitative estimate of drug-likeness (QED) is 0.758. The van der Waals surface area contributed by atoms with Gasteiger partial charge in [0.05, 0.1) is 0 Å². The second kappa shape index (κ2) is 6.89. The number of likely N-dealkylation sites (N-methyl/N-ethyl adjacent to an activating group) is 1. The molecule has 1 atom stereocenters. The first-order valence-electron chi connectivity index (χ1n) is 6.33. The highest BCUT2D eigenvalue weighted by Crippen LogP contribution is 2.29. The predicted octanol–water partition coefficient (Wildman–Crippen LogP) is 5.37. The molecule has 1 heterocycles. The molecule has 4 heteroatoms. The van der Waals surface area contributed by atoms with E-state index in [0.29, 0.717) is 6.04 Å². The zero-order chi connectivity index (χ0) is 13.8. The Morgan fingerprint density at radius 3 is 2.68 bits per heavy atom. The van der Waals surface area contributed by atoms with Gasteiger partial charge >= 0.3 is 0 Å². The van der Waals surface area contributed by atoms with Gasteiger partial charge in [0.15, 0.2) is 0 Å². The number of aryl methyl sites for hydroxylation is 1. The Bertz CT molecular complexity index is 553. The van der Waals surface area contributed by atoms with Crippen molar-refractivity contribution in [3.8, 4) is 0 Å². The van der Waals surface area contributed by atoms with Crippen molar-refractivity contribution >= 4 is 38.9 Å². The molecular weight excluding hydrogens is 342 g/mol. The molecule has 1 unspecified atom stereocenters. The minimum atomic E-state index is 0.336. The number of benzene rings is 1. The van der Waals surface area contributed by atoms with Gasteiger partial charge in [-0.1, -0.05) is 40.5 Å². The van der Waals surface area contributed by atoms with Crippen molar-refractivity contribution in [3.63, 3.8) is 0 Å². The average Bonchev–Trinajstić information content (AvgIpc) is 2.78. The van der Waals surface area contributed by atoms with E-state index in [2.05, 4.69) is 53.3 Å². The molecule has 1 nitrogen and oxygen atoms in total. The first-order valence-corrected chi connectivity index (χ1v) is 8.32. The van der Waals surface area contributed by atoms with Gasteiger partial charge in [0, 0.05) is 25.3 Å². The fourth-order valence-electron chi connectivity index (χ4n) is 2.07. The molecule has 1 aromatic carbocycles. The van der Waals surface area contributed by atoms with Crippen LogP contribution in [0.25, 0.3) is 0 Å². The fraction of sp³-hybridized carbons (Fsp3) is 0.333. The third-order valence-electron chi connectivity index (χ3n) is 2.99. The summed E-state index contributed by atoms with van der Waals surface area (Å²) < 4.78 is 1.02. The minimum absolute atomic E-state index is 0.336. The van der Waals surface area contributed by atoms with E-state index in [1.54, 1.807) is 0 Å². The highest BCUT2D eigenvalue weighted by molar-refractivity contribution is 9.10. The van der Waals surface area contributed by atoms with E-state index < -0.39 is 0 Å². The molecule has 0 aliphatic carbocycles. The molecule has 0 fully saturated rings. The van der Waals surface area contributed by atoms with Gasteiger partial charge in [0.1, 0.15) is 0 Å². The highest BCUT2D eigenvalue weighted by Gasteiger charge is 2.14. The summed E-state index contributed by atoms with van der Waals surface area (Å²) in [6.07, 6.45) is 0.917. The summed E-state index contributed by atoms with van der Waals surface area (Å²) in [5.74, 6) is 0. The van der Waals surface area contributed by atoms with Gasteiger partial charge in [-0.15, -0.1) is 11.3 Å². The molecule has 19 heavy (non-hydrogen) atoms. The Balaban J connectivity index is 2.21. The smallest absolute Gasteiger partial charge is 0.0456 e. The molecule has 0 saturated heterocycles. The zero-order valence-corrected chi connectivity index (χ0v) is 14.2. The van der Waals surface area contributed by atoms with Crippen molar-refractivity contribution in [3.05, 3.63) is 55.1 Å². The lowest BCUT2D eigenvalue weighted by Gasteiger charge is -2.17. The van der Waals surface area contributed by atoms with Crippen LogP contribution >= 0.6 is 38.9 Å². The van der Waals surface area contributed by atoms with Crippen LogP contribution in [0.2, 0.25) is 5.02 Å². The molecule has 1 N–H and O–H groups in total. The average molecular weight is 359 g/mol. The lowest BCUT2D eigenvalue weighted by molar-refractivity contribution is 0.558. The van der Waals surface area contributed by atoms with Crippen LogP contribution in [0.15, 0.2) is 34.8 Å². The van der Waals surface area contributed by atoms with Crippen LogP contribution in [0.1, 0.15) is 28.3 Å². The molecule has 0 bridgehead atoms. The van der Waals surface area contributed by atoms with E-state index in [0.717, 1.165) is 22.5 Å². The van der Waals surface area contributed by atoms with Gasteiger partial charge in [-0.2, -0.15) is 0 Å². The highest BCUT2D eigenvalue weighted by atomic mass is 79.9. The van der Waals surface area contributed by atoms with Crippen LogP contribution in [0.5, 0.6) is 0 Å². The molecule has 0 aliphatic heterocycles. The second-order valence-electron chi connectivity index (χ2n) is 4.50. The van der Waals surface area contributed by atoms with E-state index in [1.165, 1.54) is 15.3 Å². The number of hydrogen-bond donors (Lipinski definition) is 1. The van der Waals surface area contributed by atoms with Crippen molar-refractivity contribution in [1.29, 1.82) is 0 Å². The van der Waals surface area contributed by atoms with Crippen LogP contribution in [0.4, 0.5) is 0 Å². The molecule has 2 aromatic rings. The van der Waals surface area contributed by atoms with Gasteiger partial charge in [-0.3, -0.25) is 0 Å². The summed E-state index contributed by atoms with van der Waals surface area (Å²) in [6, 6.07) is 10.8. The normalized spacial score (nSPS) is 12.6. The van der Waals surface area contributed by atoms with E-state index in [1.807, 2.05) is 23.5 Å². The molecule has 2 rings (SSSR count). The molecule has 0 saturated carbocycles. The maximum Gasteiger partial charge on any atom is 0.0456 e. The first kappa shape index (κ1) is 15.0. The Morgan fingerprint density at radius 2 is 2.11 bits per heavy atom. The van der Waals surface area contributed by atoms with Crippen molar-refractivity contribution in [1.82, 2.24) is 5.32 Å². The number of halogens is 2. The molecule has 102 valence electrons. The van der Waals surface area contributed by atoms with Crippen LogP contribution in [0, 0.1) is 6.92 Å². The third-order valence-corrected chi connectivity index (χ3v) is 4.95. The SMILES string of the molecule is CCNC(Cc1ccc(Br)cc1Cl)c1ccc(C)s1. The van der Waals surface area contributed by atoms with Crippen LogP contribution in [-0.4, -0.2) is 6.54 Å². The topological polar surface area (TPSA) is 12.0 Å². The standard InChI is InChI=1S/C15H17BrClNS/c1-3-18-14(15-7-4-10(2)19-15)8-11-5-6-12(16)9-13(11)17/h4-7,9,14,18H,3,8H2,1-2H3. The maximum atomic E-state index is 6.31. The summed E-state index contributed by atoms with van der Waals surface area (Å²) in [7, 11) is 0. The lowest BCUT2D eigenvalue weighted by atomic mass is 10.0. The number of rotatable bonds is 5. The lowest BCUT2D eigenvalue weighted by Crippen LogP contribution is -2.22. The molecule has 1 aromatic heterocycles. The van der Waals surface area contributed by atoms with Gasteiger partial charge in [0.2, 0.25) is 0 Å². The minimum Gasteiger partial charge on any atom is -0.309 e. The number of nitrogens with one attached hydrogen (secondary N) is 1. The van der Waals surface area contributed by atoms with E-state index in [4.69, 9.17) is 11.6 Å². The third kappa shape index (κ3) is 4.06. The molecule has 0 radical (unpaired) electrons. The molecule has 0 aliphatic rings. The van der Waals surface area contributed by atoms with E-state index in [-0.39, 0.29) is 0 Å². The summed E-state index contributed by atoms with van der Waals surface area (Å²) >= 11 is 11.6. The maximum absolute atomic E-state index is 6.31. The fourth-order valence-corrected chi connectivity index (χ4v) is 3.77. The monoisotopic (exact) mass is 357 g/mol. The van der Waals surface area contributed by atoms with Crippen molar-refractivity contribution in [2.24, 2.45) is 0 Å². The molecule has 0 amide bonds. The Kier molecular flexibility index (Phi) is 5.46. The summed E-state index contributed by atoms with van der Waals surface area (Å²) in [5, 5.41) is 4.37. The van der Waals surface area contributed by atoms with Gasteiger partial charge in [-0.25, -0.2) is 0 Å². The van der Waals surface area contributed by atoms with Gasteiger partial charge < -0.3 is 5.32 Å². The largest absolute Gasteiger partial charge is 0.309 e. The van der Waals surface area contributed by atoms with E-state index in [9.17, 15) is 0 Å². The van der Waals surface area contributed by atoms with Gasteiger partial charge in [0.25, 0.3) is 0 Å². The molecular formula is C15H17BrClNS. The zero-order valence-electron chi connectivity index (χ0n) is 11.0. The van der Waals surface area contributed by atoms with Crippen molar-refractivity contribution < 1.29 is 0 Å². The summed E-state index contributed by atoms with van der Waals surface area (Å²) in [6.45, 7) is 5.23. The molecule has 0 spiro atoms. The van der Waals surface area contributed by atoms with Crippen molar-refractivity contribution in [2.45, 2.75) is 26.3 Å². The van der Waals surface area contributed by atoms with Crippen molar-refractivity contribution in [2.75, 3.05) is 6.54 Å². The summed E-state index contributed by atoms with van der Waals surface area (Å²) in [5.41, 5.74) is 1.18. The van der Waals surface area contributed by atoms with E-state index >= 15 is 0 Å². The summed E-state index contributed by atoms with van der Waals surface area (Å²) in [4.78, 5) is 2.72. The van der Waals surface area contributed by atoms with Crippen LogP contribution in [-0.2, 0) is 6.42 Å². The Labute approximate surface area is 132 Å². The predicted molar refractivity (Wildman–Crippen MR) is 88.3 cm³/mol. The Morgan fingerprint density at radius 1 is 1.32 bits per heavy atom. The van der Waals surface area contributed by atoms with Gasteiger partial charge in [-0.05, 0) is 49.7 Å². The van der Waals surface area contributed by atoms with Crippen LogP contribution in [0.3, 0.4) is 0 Å². The number of thiophene rings is 1. The Hall–Kier alpha value is -0.350. The second-order valence-corrected chi connectivity index (χ2v) is 7.14. The first-order chi connectivity index (χ1) is 9.10. The van der Waals surface area contributed by atoms with Crippen LogP contribution < -0.4 is 5.32 Å². The number of hydrogen-bond acceptors (Lipinski definition) is 2.